The van der Waals surface area contributed by atoms with Gasteiger partial charge in [-0.3, -0.25) is 4.68 Å². The Kier molecular flexibility index (Phi) is 4.82. The minimum Gasteiger partial charge on any atom is -0.393 e. The number of aliphatic hydroxyl groups excluding tert-OH is 1. The zero-order valence-corrected chi connectivity index (χ0v) is 9.98. The molecular formula is C12H22N2O. The fourth-order valence-electron chi connectivity index (χ4n) is 2.01. The lowest BCUT2D eigenvalue weighted by molar-refractivity contribution is 0.0940. The molecule has 1 unspecified atom stereocenters. The summed E-state index contributed by atoms with van der Waals surface area (Å²) in [6.45, 7) is 4.28. The molecule has 0 aliphatic heterocycles. The van der Waals surface area contributed by atoms with E-state index in [2.05, 4.69) is 18.9 Å². The van der Waals surface area contributed by atoms with Gasteiger partial charge in [-0.15, -0.1) is 0 Å². The van der Waals surface area contributed by atoms with Gasteiger partial charge in [0.1, 0.15) is 0 Å². The van der Waals surface area contributed by atoms with Crippen molar-refractivity contribution in [2.75, 3.05) is 0 Å². The third kappa shape index (κ3) is 3.34. The average molecular weight is 210 g/mol. The lowest BCUT2D eigenvalue weighted by Gasteiger charge is -2.19. The number of rotatable bonds is 6. The highest BCUT2D eigenvalue weighted by atomic mass is 16.3. The Morgan fingerprint density at radius 1 is 1.40 bits per heavy atom. The molecule has 1 N–H and O–H groups in total. The van der Waals surface area contributed by atoms with Gasteiger partial charge in [-0.1, -0.05) is 26.7 Å². The Hall–Kier alpha value is -0.830. The Morgan fingerprint density at radius 3 is 2.53 bits per heavy atom. The molecule has 0 saturated heterocycles. The van der Waals surface area contributed by atoms with E-state index in [9.17, 15) is 5.11 Å². The summed E-state index contributed by atoms with van der Waals surface area (Å²) in [6, 6.07) is 2.01. The van der Waals surface area contributed by atoms with Crippen LogP contribution in [0.25, 0.3) is 0 Å². The van der Waals surface area contributed by atoms with Crippen molar-refractivity contribution in [3.63, 3.8) is 0 Å². The molecule has 1 atom stereocenters. The quantitative estimate of drug-likeness (QED) is 0.781. The maximum Gasteiger partial charge on any atom is 0.0571 e. The van der Waals surface area contributed by atoms with E-state index in [0.29, 0.717) is 5.92 Å². The van der Waals surface area contributed by atoms with E-state index in [4.69, 9.17) is 0 Å². The lowest BCUT2D eigenvalue weighted by Crippen LogP contribution is -2.20. The third-order valence-electron chi connectivity index (χ3n) is 3.21. The molecule has 3 nitrogen and oxygen atoms in total. The molecule has 0 radical (unpaired) electrons. The van der Waals surface area contributed by atoms with Crippen LogP contribution in [0.4, 0.5) is 0 Å². The van der Waals surface area contributed by atoms with Gasteiger partial charge in [-0.2, -0.15) is 5.10 Å². The van der Waals surface area contributed by atoms with Crippen molar-refractivity contribution in [2.24, 2.45) is 13.0 Å². The molecule has 1 aromatic heterocycles. The van der Waals surface area contributed by atoms with Crippen LogP contribution in [0.15, 0.2) is 12.3 Å². The van der Waals surface area contributed by atoms with E-state index in [0.717, 1.165) is 25.7 Å². The molecule has 0 aliphatic rings. The number of aliphatic hydroxyl groups is 1. The first-order valence-electron chi connectivity index (χ1n) is 5.84. The normalized spacial score (nSPS) is 13.4. The standard InChI is InChI=1S/C12H22N2O/c1-4-10(5-2)12(15)7-6-11-8-9-13-14(11)3/h8-10,12,15H,4-7H2,1-3H3. The summed E-state index contributed by atoms with van der Waals surface area (Å²) in [7, 11) is 1.94. The number of hydrogen-bond donors (Lipinski definition) is 1. The van der Waals surface area contributed by atoms with Crippen LogP contribution in [0.1, 0.15) is 38.8 Å². The van der Waals surface area contributed by atoms with Gasteiger partial charge in [-0.25, -0.2) is 0 Å². The van der Waals surface area contributed by atoms with E-state index in [1.165, 1.54) is 5.69 Å². The van der Waals surface area contributed by atoms with E-state index in [1.54, 1.807) is 6.20 Å². The van der Waals surface area contributed by atoms with E-state index in [-0.39, 0.29) is 6.10 Å². The molecule has 0 fully saturated rings. The summed E-state index contributed by atoms with van der Waals surface area (Å²) in [5.41, 5.74) is 1.19. The van der Waals surface area contributed by atoms with Gasteiger partial charge < -0.3 is 5.11 Å². The summed E-state index contributed by atoms with van der Waals surface area (Å²) in [5.74, 6) is 0.443. The van der Waals surface area contributed by atoms with Crippen LogP contribution in [-0.4, -0.2) is 21.0 Å². The Balaban J connectivity index is 2.40. The Bertz CT molecular complexity index is 279. The Labute approximate surface area is 92.1 Å². The number of hydrogen-bond acceptors (Lipinski definition) is 2. The first-order chi connectivity index (χ1) is 7.19. The molecule has 1 heterocycles. The molecule has 3 heteroatoms. The molecular weight excluding hydrogens is 188 g/mol. The van der Waals surface area contributed by atoms with E-state index < -0.39 is 0 Å². The van der Waals surface area contributed by atoms with Crippen molar-refractivity contribution >= 4 is 0 Å². The number of aryl methyl sites for hydroxylation is 2. The molecule has 0 aromatic carbocycles. The molecule has 15 heavy (non-hydrogen) atoms. The smallest absolute Gasteiger partial charge is 0.0571 e. The number of nitrogens with zero attached hydrogens (tertiary/aromatic N) is 2. The first kappa shape index (κ1) is 12.2. The second-order valence-electron chi connectivity index (χ2n) is 4.13. The van der Waals surface area contributed by atoms with Gasteiger partial charge >= 0.3 is 0 Å². The van der Waals surface area contributed by atoms with Gasteiger partial charge in [0.05, 0.1) is 6.10 Å². The van der Waals surface area contributed by atoms with Gasteiger partial charge in [0, 0.05) is 18.9 Å². The molecule has 0 aliphatic carbocycles. The van der Waals surface area contributed by atoms with Crippen LogP contribution in [0.2, 0.25) is 0 Å². The maximum atomic E-state index is 9.97. The van der Waals surface area contributed by atoms with Crippen molar-refractivity contribution in [3.8, 4) is 0 Å². The lowest BCUT2D eigenvalue weighted by atomic mass is 9.93. The fourth-order valence-corrected chi connectivity index (χ4v) is 2.01. The van der Waals surface area contributed by atoms with Crippen LogP contribution in [0.5, 0.6) is 0 Å². The zero-order valence-electron chi connectivity index (χ0n) is 9.98. The molecule has 0 spiro atoms. The van der Waals surface area contributed by atoms with Crippen LogP contribution in [0.3, 0.4) is 0 Å². The fraction of sp³-hybridized carbons (Fsp3) is 0.750. The average Bonchev–Trinajstić information content (AvgIpc) is 2.63. The second kappa shape index (κ2) is 5.91. The van der Waals surface area contributed by atoms with Crippen LogP contribution in [-0.2, 0) is 13.5 Å². The molecule has 0 bridgehead atoms. The molecule has 1 rings (SSSR count). The zero-order chi connectivity index (χ0) is 11.3. The third-order valence-corrected chi connectivity index (χ3v) is 3.21. The van der Waals surface area contributed by atoms with Gasteiger partial charge in [0.2, 0.25) is 0 Å². The SMILES string of the molecule is CCC(CC)C(O)CCc1ccnn1C. The number of aromatic nitrogens is 2. The summed E-state index contributed by atoms with van der Waals surface area (Å²) in [4.78, 5) is 0. The van der Waals surface area contributed by atoms with Crippen molar-refractivity contribution < 1.29 is 5.11 Å². The minimum absolute atomic E-state index is 0.171. The summed E-state index contributed by atoms with van der Waals surface area (Å²) in [6.07, 6.45) is 5.50. The molecule has 0 saturated carbocycles. The van der Waals surface area contributed by atoms with Crippen LogP contribution in [0, 0.1) is 5.92 Å². The summed E-state index contributed by atoms with van der Waals surface area (Å²) < 4.78 is 1.87. The van der Waals surface area contributed by atoms with E-state index >= 15 is 0 Å². The monoisotopic (exact) mass is 210 g/mol. The van der Waals surface area contributed by atoms with Gasteiger partial charge in [0.15, 0.2) is 0 Å². The predicted octanol–water partition coefficient (Wildman–Crippen LogP) is 2.15. The Morgan fingerprint density at radius 2 is 2.07 bits per heavy atom. The maximum absolute atomic E-state index is 9.97. The highest BCUT2D eigenvalue weighted by molar-refractivity contribution is 5.00. The van der Waals surface area contributed by atoms with Gasteiger partial charge in [0.25, 0.3) is 0 Å². The second-order valence-corrected chi connectivity index (χ2v) is 4.13. The highest BCUT2D eigenvalue weighted by Gasteiger charge is 2.15. The molecule has 86 valence electrons. The minimum atomic E-state index is -0.171. The largest absolute Gasteiger partial charge is 0.393 e. The van der Waals surface area contributed by atoms with Crippen molar-refractivity contribution in [3.05, 3.63) is 18.0 Å². The topological polar surface area (TPSA) is 38.1 Å². The first-order valence-corrected chi connectivity index (χ1v) is 5.84. The summed E-state index contributed by atoms with van der Waals surface area (Å²) in [5, 5.41) is 14.1. The van der Waals surface area contributed by atoms with Crippen molar-refractivity contribution in [2.45, 2.75) is 45.6 Å². The summed E-state index contributed by atoms with van der Waals surface area (Å²) >= 11 is 0. The predicted molar refractivity (Wildman–Crippen MR) is 61.6 cm³/mol. The highest BCUT2D eigenvalue weighted by Crippen LogP contribution is 2.17. The van der Waals surface area contributed by atoms with Crippen molar-refractivity contribution in [1.82, 2.24) is 9.78 Å². The molecule has 0 amide bonds. The van der Waals surface area contributed by atoms with Gasteiger partial charge in [-0.05, 0) is 24.8 Å². The van der Waals surface area contributed by atoms with Crippen molar-refractivity contribution in [1.29, 1.82) is 0 Å². The van der Waals surface area contributed by atoms with E-state index in [1.807, 2.05) is 17.8 Å². The van der Waals surface area contributed by atoms with Crippen LogP contribution >= 0.6 is 0 Å². The van der Waals surface area contributed by atoms with Crippen LogP contribution < -0.4 is 0 Å². The molecule has 1 aromatic rings.